The van der Waals surface area contributed by atoms with Crippen LogP contribution in [0.3, 0.4) is 0 Å². The summed E-state index contributed by atoms with van der Waals surface area (Å²) in [5.41, 5.74) is 7.05. The molecule has 0 radical (unpaired) electrons. The number of hydrogen-bond acceptors (Lipinski definition) is 5. The van der Waals surface area contributed by atoms with Gasteiger partial charge in [-0.1, -0.05) is 24.2 Å². The van der Waals surface area contributed by atoms with Crippen LogP contribution in [0.5, 0.6) is 5.75 Å². The Bertz CT molecular complexity index is 579. The van der Waals surface area contributed by atoms with Crippen molar-refractivity contribution in [1.29, 1.82) is 0 Å². The van der Waals surface area contributed by atoms with E-state index in [1.165, 1.54) is 5.56 Å². The minimum Gasteiger partial charge on any atom is -0.484 e. The van der Waals surface area contributed by atoms with Gasteiger partial charge >= 0.3 is 0 Å². The van der Waals surface area contributed by atoms with Crippen LogP contribution in [0.2, 0.25) is 0 Å². The highest BCUT2D eigenvalue weighted by atomic mass is 35.5. The Hall–Kier alpha value is -1.59. The maximum atomic E-state index is 6.15. The monoisotopic (exact) mass is 309 g/mol. The average Bonchev–Trinajstić information content (AvgIpc) is 2.92. The molecule has 0 aliphatic heterocycles. The molecule has 1 aliphatic carbocycles. The lowest BCUT2D eigenvalue weighted by atomic mass is 9.77. The molecule has 2 N–H and O–H groups in total. The van der Waals surface area contributed by atoms with Crippen LogP contribution in [0.1, 0.15) is 43.5 Å². The lowest BCUT2D eigenvalue weighted by Crippen LogP contribution is -2.44. The van der Waals surface area contributed by atoms with E-state index in [1.807, 2.05) is 12.1 Å². The summed E-state index contributed by atoms with van der Waals surface area (Å²) in [5.74, 6) is 1.87. The van der Waals surface area contributed by atoms with Gasteiger partial charge in [0.1, 0.15) is 5.75 Å². The number of ether oxygens (including phenoxy) is 1. The Morgan fingerprint density at radius 3 is 2.57 bits per heavy atom. The van der Waals surface area contributed by atoms with Crippen molar-refractivity contribution in [3.05, 3.63) is 41.5 Å². The van der Waals surface area contributed by atoms with Crippen LogP contribution in [0, 0.1) is 0 Å². The van der Waals surface area contributed by atoms with Crippen molar-refractivity contribution < 1.29 is 9.26 Å². The highest BCUT2D eigenvalue weighted by Gasteiger charge is 2.38. The largest absolute Gasteiger partial charge is 0.484 e. The van der Waals surface area contributed by atoms with Crippen LogP contribution in [-0.4, -0.2) is 10.1 Å². The van der Waals surface area contributed by atoms with E-state index in [0.717, 1.165) is 31.4 Å². The number of aromatic nitrogens is 2. The molecule has 3 rings (SSSR count). The van der Waals surface area contributed by atoms with E-state index in [1.54, 1.807) is 0 Å². The summed E-state index contributed by atoms with van der Waals surface area (Å²) in [5, 5.41) is 3.96. The predicted molar refractivity (Wildman–Crippen MR) is 81.4 cm³/mol. The second kappa shape index (κ2) is 6.45. The normalized spacial score (nSPS) is 15.9. The highest BCUT2D eigenvalue weighted by Crippen LogP contribution is 2.36. The first-order valence-corrected chi connectivity index (χ1v) is 7.03. The molecule has 1 heterocycles. The van der Waals surface area contributed by atoms with Crippen molar-refractivity contribution in [2.75, 3.05) is 0 Å². The molecule has 6 heteroatoms. The highest BCUT2D eigenvalue weighted by molar-refractivity contribution is 5.85. The number of aryl methyl sites for hydroxylation is 1. The zero-order valence-corrected chi connectivity index (χ0v) is 12.9. The molecule has 1 saturated carbocycles. The van der Waals surface area contributed by atoms with Gasteiger partial charge in [-0.25, -0.2) is 0 Å². The molecule has 0 atom stereocenters. The van der Waals surface area contributed by atoms with Gasteiger partial charge in [0, 0.05) is 0 Å². The summed E-state index contributed by atoms with van der Waals surface area (Å²) >= 11 is 0. The van der Waals surface area contributed by atoms with Crippen LogP contribution >= 0.6 is 12.4 Å². The molecule has 0 saturated heterocycles. The Morgan fingerprint density at radius 2 is 2.00 bits per heavy atom. The quantitative estimate of drug-likeness (QED) is 0.919. The van der Waals surface area contributed by atoms with E-state index in [2.05, 4.69) is 29.2 Å². The van der Waals surface area contributed by atoms with Gasteiger partial charge < -0.3 is 15.0 Å². The van der Waals surface area contributed by atoms with Gasteiger partial charge in [-0.15, -0.1) is 12.4 Å². The summed E-state index contributed by atoms with van der Waals surface area (Å²) in [6, 6.07) is 8.01. The molecule has 21 heavy (non-hydrogen) atoms. The second-order valence-corrected chi connectivity index (χ2v) is 5.31. The fraction of sp³-hybridized carbons (Fsp3) is 0.467. The van der Waals surface area contributed by atoms with Crippen molar-refractivity contribution >= 4 is 12.4 Å². The first-order valence-electron chi connectivity index (χ1n) is 7.03. The SMILES string of the molecule is CCc1ccc(OCc2nc(C3(N)CCC3)no2)cc1.Cl. The maximum absolute atomic E-state index is 6.15. The molecule has 0 amide bonds. The number of rotatable bonds is 5. The van der Waals surface area contributed by atoms with Gasteiger partial charge in [0.15, 0.2) is 12.4 Å². The van der Waals surface area contributed by atoms with Crippen LogP contribution in [0.4, 0.5) is 0 Å². The molecule has 1 fully saturated rings. The third kappa shape index (κ3) is 3.36. The smallest absolute Gasteiger partial charge is 0.264 e. The summed E-state index contributed by atoms with van der Waals surface area (Å²) in [7, 11) is 0. The van der Waals surface area contributed by atoms with Gasteiger partial charge in [0.2, 0.25) is 0 Å². The first-order chi connectivity index (χ1) is 9.69. The van der Waals surface area contributed by atoms with Crippen LogP contribution in [0.25, 0.3) is 0 Å². The molecular formula is C15H20ClN3O2. The van der Waals surface area contributed by atoms with Gasteiger partial charge in [-0.05, 0) is 43.4 Å². The first kappa shape index (κ1) is 15.8. The molecule has 0 spiro atoms. The van der Waals surface area contributed by atoms with Gasteiger partial charge in [0.05, 0.1) is 5.54 Å². The summed E-state index contributed by atoms with van der Waals surface area (Å²) in [6.07, 6.45) is 3.99. The van der Waals surface area contributed by atoms with Crippen molar-refractivity contribution in [3.8, 4) is 5.75 Å². The van der Waals surface area contributed by atoms with Crippen LogP contribution < -0.4 is 10.5 Å². The van der Waals surface area contributed by atoms with Crippen LogP contribution in [0.15, 0.2) is 28.8 Å². The fourth-order valence-corrected chi connectivity index (χ4v) is 2.26. The van der Waals surface area contributed by atoms with Gasteiger partial charge in [-0.3, -0.25) is 0 Å². The Balaban J connectivity index is 0.00000161. The number of halogens is 1. The third-order valence-corrected chi connectivity index (χ3v) is 3.85. The third-order valence-electron chi connectivity index (χ3n) is 3.85. The second-order valence-electron chi connectivity index (χ2n) is 5.31. The number of benzene rings is 1. The molecule has 2 aromatic rings. The van der Waals surface area contributed by atoms with Gasteiger partial charge in [0.25, 0.3) is 5.89 Å². The molecular weight excluding hydrogens is 290 g/mol. The van der Waals surface area contributed by atoms with Crippen molar-refractivity contribution in [1.82, 2.24) is 10.1 Å². The Labute approximate surface area is 130 Å². The van der Waals surface area contributed by atoms with E-state index in [9.17, 15) is 0 Å². The average molecular weight is 310 g/mol. The molecule has 5 nitrogen and oxygen atoms in total. The Morgan fingerprint density at radius 1 is 1.29 bits per heavy atom. The number of nitrogens with zero attached hydrogens (tertiary/aromatic N) is 2. The minimum atomic E-state index is -0.384. The van der Waals surface area contributed by atoms with E-state index < -0.39 is 0 Å². The van der Waals surface area contributed by atoms with Crippen molar-refractivity contribution in [2.45, 2.75) is 44.8 Å². The summed E-state index contributed by atoms with van der Waals surface area (Å²) in [4.78, 5) is 4.33. The van der Waals surface area contributed by atoms with Crippen LogP contribution in [-0.2, 0) is 18.6 Å². The lowest BCUT2D eigenvalue weighted by molar-refractivity contribution is 0.223. The molecule has 1 aromatic carbocycles. The molecule has 114 valence electrons. The fourth-order valence-electron chi connectivity index (χ4n) is 2.26. The van der Waals surface area contributed by atoms with E-state index in [-0.39, 0.29) is 24.6 Å². The predicted octanol–water partition coefficient (Wildman–Crippen LogP) is 2.97. The lowest BCUT2D eigenvalue weighted by Gasteiger charge is -2.34. The van der Waals surface area contributed by atoms with E-state index in [0.29, 0.717) is 11.7 Å². The maximum Gasteiger partial charge on any atom is 0.264 e. The number of hydrogen-bond donors (Lipinski definition) is 1. The molecule has 1 aromatic heterocycles. The molecule has 0 unspecified atom stereocenters. The number of nitrogens with two attached hydrogens (primary N) is 1. The standard InChI is InChI=1S/C15H19N3O2.ClH/c1-2-11-4-6-12(7-5-11)19-10-13-17-14(18-20-13)15(16)8-3-9-15;/h4-7H,2-3,8-10,16H2,1H3;1H. The molecule has 1 aliphatic rings. The van der Waals surface area contributed by atoms with Crippen molar-refractivity contribution in [3.63, 3.8) is 0 Å². The van der Waals surface area contributed by atoms with E-state index in [4.69, 9.17) is 15.0 Å². The van der Waals surface area contributed by atoms with Crippen molar-refractivity contribution in [2.24, 2.45) is 5.73 Å². The zero-order valence-electron chi connectivity index (χ0n) is 12.0. The van der Waals surface area contributed by atoms with E-state index >= 15 is 0 Å². The summed E-state index contributed by atoms with van der Waals surface area (Å²) in [6.45, 7) is 2.40. The molecule has 0 bridgehead atoms. The topological polar surface area (TPSA) is 74.2 Å². The van der Waals surface area contributed by atoms with Gasteiger partial charge in [-0.2, -0.15) is 4.98 Å². The zero-order chi connectivity index (χ0) is 14.0. The minimum absolute atomic E-state index is 0. The summed E-state index contributed by atoms with van der Waals surface area (Å²) < 4.78 is 10.8. The Kier molecular flexibility index (Phi) is 4.85.